The van der Waals surface area contributed by atoms with Crippen molar-refractivity contribution in [3.8, 4) is 11.5 Å². The molecule has 0 bridgehead atoms. The Balaban J connectivity index is 1.92. The minimum atomic E-state index is -0.238. The molecule has 0 saturated carbocycles. The Hall–Kier alpha value is -1.81. The number of benzene rings is 1. The standard InChI is InChI=1S/C14H17NO3/c1-17-12-5-2-6-13(9-12)18-14(16)8-11-4-3-7-15-10-11/h2,4-6,9,15H,3,7-8,10H2,1H3. The number of hydrogen-bond donors (Lipinski definition) is 1. The highest BCUT2D eigenvalue weighted by molar-refractivity contribution is 5.75. The minimum Gasteiger partial charge on any atom is -0.497 e. The van der Waals surface area contributed by atoms with Crippen molar-refractivity contribution < 1.29 is 14.3 Å². The highest BCUT2D eigenvalue weighted by Gasteiger charge is 2.10. The summed E-state index contributed by atoms with van der Waals surface area (Å²) >= 11 is 0. The number of ether oxygens (including phenoxy) is 2. The molecule has 18 heavy (non-hydrogen) atoms. The molecule has 0 unspecified atom stereocenters. The monoisotopic (exact) mass is 247 g/mol. The quantitative estimate of drug-likeness (QED) is 0.501. The maximum Gasteiger partial charge on any atom is 0.315 e. The average Bonchev–Trinajstić information content (AvgIpc) is 2.40. The predicted octanol–water partition coefficient (Wildman–Crippen LogP) is 1.91. The Bertz CT molecular complexity index is 454. The number of methoxy groups -OCH3 is 1. The molecule has 0 spiro atoms. The van der Waals surface area contributed by atoms with Gasteiger partial charge in [0.1, 0.15) is 11.5 Å². The zero-order chi connectivity index (χ0) is 12.8. The summed E-state index contributed by atoms with van der Waals surface area (Å²) in [5, 5.41) is 3.23. The van der Waals surface area contributed by atoms with Crippen molar-refractivity contribution in [2.75, 3.05) is 20.2 Å². The van der Waals surface area contributed by atoms with Crippen LogP contribution in [0.25, 0.3) is 0 Å². The number of nitrogens with one attached hydrogen (secondary N) is 1. The minimum absolute atomic E-state index is 0.238. The van der Waals surface area contributed by atoms with Gasteiger partial charge in [0.15, 0.2) is 0 Å². The van der Waals surface area contributed by atoms with Crippen LogP contribution in [0.3, 0.4) is 0 Å². The van der Waals surface area contributed by atoms with Crippen molar-refractivity contribution in [1.82, 2.24) is 5.32 Å². The van der Waals surface area contributed by atoms with Gasteiger partial charge >= 0.3 is 5.97 Å². The van der Waals surface area contributed by atoms with Gasteiger partial charge in [0.05, 0.1) is 13.5 Å². The van der Waals surface area contributed by atoms with Crippen LogP contribution in [-0.2, 0) is 4.79 Å². The summed E-state index contributed by atoms with van der Waals surface area (Å²) in [5.74, 6) is 0.959. The average molecular weight is 247 g/mol. The molecule has 0 fully saturated rings. The first-order chi connectivity index (χ1) is 8.78. The van der Waals surface area contributed by atoms with Crippen molar-refractivity contribution in [1.29, 1.82) is 0 Å². The van der Waals surface area contributed by atoms with Gasteiger partial charge in [-0.1, -0.05) is 12.1 Å². The van der Waals surface area contributed by atoms with Crippen LogP contribution in [0, 0.1) is 0 Å². The molecule has 1 aromatic rings. The van der Waals surface area contributed by atoms with Gasteiger partial charge < -0.3 is 14.8 Å². The smallest absolute Gasteiger partial charge is 0.315 e. The molecule has 4 nitrogen and oxygen atoms in total. The van der Waals surface area contributed by atoms with Gasteiger partial charge in [-0.15, -0.1) is 0 Å². The van der Waals surface area contributed by atoms with E-state index in [1.807, 2.05) is 6.07 Å². The van der Waals surface area contributed by atoms with Crippen LogP contribution < -0.4 is 14.8 Å². The fourth-order valence-electron chi connectivity index (χ4n) is 1.85. The van der Waals surface area contributed by atoms with Gasteiger partial charge in [-0.25, -0.2) is 0 Å². The molecule has 96 valence electrons. The van der Waals surface area contributed by atoms with E-state index >= 15 is 0 Å². The van der Waals surface area contributed by atoms with E-state index in [4.69, 9.17) is 9.47 Å². The first-order valence-electron chi connectivity index (χ1n) is 6.01. The van der Waals surface area contributed by atoms with E-state index in [-0.39, 0.29) is 5.97 Å². The lowest BCUT2D eigenvalue weighted by atomic mass is 10.1. The number of carbonyl (C=O) groups is 1. The molecule has 1 aromatic carbocycles. The molecular weight excluding hydrogens is 230 g/mol. The summed E-state index contributed by atoms with van der Waals surface area (Å²) in [4.78, 5) is 11.7. The van der Waals surface area contributed by atoms with Crippen LogP contribution in [0.1, 0.15) is 12.8 Å². The largest absolute Gasteiger partial charge is 0.497 e. The van der Waals surface area contributed by atoms with Crippen LogP contribution in [0.2, 0.25) is 0 Å². The molecule has 2 rings (SSSR count). The SMILES string of the molecule is COc1cccc(OC(=O)CC2=CCCNC2)c1. The van der Waals surface area contributed by atoms with Crippen molar-refractivity contribution in [2.24, 2.45) is 0 Å². The molecule has 1 N–H and O–H groups in total. The third-order valence-corrected chi connectivity index (χ3v) is 2.75. The number of rotatable bonds is 4. The van der Waals surface area contributed by atoms with Gasteiger partial charge in [0.2, 0.25) is 0 Å². The van der Waals surface area contributed by atoms with E-state index < -0.39 is 0 Å². The number of hydrogen-bond acceptors (Lipinski definition) is 4. The summed E-state index contributed by atoms with van der Waals surface area (Å²) < 4.78 is 10.3. The van der Waals surface area contributed by atoms with E-state index in [1.54, 1.807) is 25.3 Å². The van der Waals surface area contributed by atoms with E-state index in [1.165, 1.54) is 0 Å². The Morgan fingerprint density at radius 2 is 2.22 bits per heavy atom. The second-order valence-electron chi connectivity index (χ2n) is 4.16. The van der Waals surface area contributed by atoms with Gasteiger partial charge in [-0.2, -0.15) is 0 Å². The molecule has 0 aliphatic carbocycles. The van der Waals surface area contributed by atoms with E-state index in [0.29, 0.717) is 17.9 Å². The third-order valence-electron chi connectivity index (χ3n) is 2.75. The first kappa shape index (κ1) is 12.6. The number of carbonyl (C=O) groups excluding carboxylic acids is 1. The zero-order valence-electron chi connectivity index (χ0n) is 10.4. The molecular formula is C14H17NO3. The normalized spacial score (nSPS) is 14.8. The molecule has 0 amide bonds. The molecule has 1 aliphatic rings. The van der Waals surface area contributed by atoms with Crippen LogP contribution >= 0.6 is 0 Å². The lowest BCUT2D eigenvalue weighted by Crippen LogP contribution is -2.24. The van der Waals surface area contributed by atoms with Crippen molar-refractivity contribution in [3.63, 3.8) is 0 Å². The van der Waals surface area contributed by atoms with Crippen molar-refractivity contribution >= 4 is 5.97 Å². The first-order valence-corrected chi connectivity index (χ1v) is 6.01. The fourth-order valence-corrected chi connectivity index (χ4v) is 1.85. The Morgan fingerprint density at radius 3 is 2.94 bits per heavy atom. The third kappa shape index (κ3) is 3.60. The summed E-state index contributed by atoms with van der Waals surface area (Å²) in [5.41, 5.74) is 1.09. The van der Waals surface area contributed by atoms with E-state index in [0.717, 1.165) is 25.1 Å². The second kappa shape index (κ2) is 6.21. The Kier molecular flexibility index (Phi) is 4.36. The van der Waals surface area contributed by atoms with Crippen LogP contribution in [-0.4, -0.2) is 26.2 Å². The molecule has 1 aliphatic heterocycles. The summed E-state index contributed by atoms with van der Waals surface area (Å²) in [7, 11) is 1.58. The summed E-state index contributed by atoms with van der Waals surface area (Å²) in [6.07, 6.45) is 3.41. The molecule has 0 radical (unpaired) electrons. The topological polar surface area (TPSA) is 47.6 Å². The predicted molar refractivity (Wildman–Crippen MR) is 68.8 cm³/mol. The van der Waals surface area contributed by atoms with Crippen molar-refractivity contribution in [2.45, 2.75) is 12.8 Å². The van der Waals surface area contributed by atoms with Crippen molar-refractivity contribution in [3.05, 3.63) is 35.9 Å². The Morgan fingerprint density at radius 1 is 1.39 bits per heavy atom. The van der Waals surface area contributed by atoms with Gasteiger partial charge in [0.25, 0.3) is 0 Å². The molecule has 0 aromatic heterocycles. The maximum atomic E-state index is 11.7. The Labute approximate surface area is 107 Å². The lowest BCUT2D eigenvalue weighted by molar-refractivity contribution is -0.133. The maximum absolute atomic E-state index is 11.7. The van der Waals surface area contributed by atoms with Gasteiger partial charge in [0, 0.05) is 12.6 Å². The van der Waals surface area contributed by atoms with Crippen LogP contribution in [0.5, 0.6) is 11.5 Å². The van der Waals surface area contributed by atoms with Gasteiger partial charge in [-0.3, -0.25) is 4.79 Å². The highest BCUT2D eigenvalue weighted by Crippen LogP contribution is 2.19. The molecule has 4 heteroatoms. The second-order valence-corrected chi connectivity index (χ2v) is 4.16. The molecule has 0 saturated heterocycles. The highest BCUT2D eigenvalue weighted by atomic mass is 16.5. The molecule has 0 atom stereocenters. The zero-order valence-corrected chi connectivity index (χ0v) is 10.4. The van der Waals surface area contributed by atoms with E-state index in [9.17, 15) is 4.79 Å². The van der Waals surface area contributed by atoms with Gasteiger partial charge in [-0.05, 0) is 30.7 Å². The van der Waals surface area contributed by atoms with E-state index in [2.05, 4.69) is 11.4 Å². The fraction of sp³-hybridized carbons (Fsp3) is 0.357. The summed E-state index contributed by atoms with van der Waals surface area (Å²) in [6.45, 7) is 1.75. The number of esters is 1. The molecule has 1 heterocycles. The van der Waals surface area contributed by atoms with Crippen LogP contribution in [0.4, 0.5) is 0 Å². The summed E-state index contributed by atoms with van der Waals surface area (Å²) in [6, 6.07) is 7.05. The van der Waals surface area contributed by atoms with Crippen LogP contribution in [0.15, 0.2) is 35.9 Å². The lowest BCUT2D eigenvalue weighted by Gasteiger charge is -2.13.